The highest BCUT2D eigenvalue weighted by Gasteiger charge is 2.63. The summed E-state index contributed by atoms with van der Waals surface area (Å²) in [6, 6.07) is 9.79. The summed E-state index contributed by atoms with van der Waals surface area (Å²) in [5.41, 5.74) is 1.59. The van der Waals surface area contributed by atoms with Crippen LogP contribution in [0.5, 0.6) is 0 Å². The Balaban J connectivity index is 2.12. The van der Waals surface area contributed by atoms with Crippen LogP contribution in [0.25, 0.3) is 0 Å². The Labute approximate surface area is 211 Å². The Hall–Kier alpha value is -1.80. The van der Waals surface area contributed by atoms with E-state index in [9.17, 15) is 9.59 Å². The van der Waals surface area contributed by atoms with Gasteiger partial charge in [0.1, 0.15) is 24.6 Å². The van der Waals surface area contributed by atoms with Gasteiger partial charge in [0, 0.05) is 30.7 Å². The summed E-state index contributed by atoms with van der Waals surface area (Å²) >= 11 is 0. The van der Waals surface area contributed by atoms with Crippen LogP contribution < -0.4 is 0 Å². The van der Waals surface area contributed by atoms with Gasteiger partial charge in [0.05, 0.1) is 6.10 Å². The average molecular weight is 503 g/mol. The van der Waals surface area contributed by atoms with E-state index < -0.39 is 31.7 Å². The predicted molar refractivity (Wildman–Crippen MR) is 138 cm³/mol. The van der Waals surface area contributed by atoms with Crippen molar-refractivity contribution < 1.29 is 28.2 Å². The van der Waals surface area contributed by atoms with E-state index in [2.05, 4.69) is 54.6 Å². The fourth-order valence-corrected chi connectivity index (χ4v) is 6.52. The van der Waals surface area contributed by atoms with Gasteiger partial charge in [-0.15, -0.1) is 0 Å². The van der Waals surface area contributed by atoms with Crippen LogP contribution in [0.15, 0.2) is 41.5 Å². The molecular weight excluding hydrogens is 460 g/mol. The van der Waals surface area contributed by atoms with Crippen molar-refractivity contribution in [2.24, 2.45) is 5.41 Å². The molecule has 1 aromatic rings. The molecule has 4 atom stereocenters. The quantitative estimate of drug-likeness (QED) is 0.193. The molecule has 194 valence electrons. The predicted octanol–water partition coefficient (Wildman–Crippen LogP) is 6.13. The standard InChI is InChI=1S/C28H42O6Si/c1-19-22(15-16-29)27(6,7)28(17-23(19)34-35(8,9)26(3,4)5)24(18-31-20(2)30)32-25(33-28)21-13-11-10-12-14-21/h10-14,16,23-25H,15,17-18H2,1-9H3/t23-,24+,25+,28-/m1/s1. The van der Waals surface area contributed by atoms with Gasteiger partial charge in [-0.3, -0.25) is 4.79 Å². The van der Waals surface area contributed by atoms with Gasteiger partial charge in [-0.25, -0.2) is 0 Å². The lowest BCUT2D eigenvalue weighted by atomic mass is 9.59. The zero-order valence-corrected chi connectivity index (χ0v) is 23.8. The zero-order chi connectivity index (χ0) is 26.2. The fourth-order valence-electron chi connectivity index (χ4n) is 5.20. The van der Waals surface area contributed by atoms with Crippen LogP contribution in [-0.2, 0) is 28.2 Å². The maximum absolute atomic E-state index is 11.8. The Morgan fingerprint density at radius 3 is 2.37 bits per heavy atom. The van der Waals surface area contributed by atoms with E-state index in [0.717, 1.165) is 23.0 Å². The van der Waals surface area contributed by atoms with E-state index in [1.165, 1.54) is 6.92 Å². The third kappa shape index (κ3) is 5.19. The third-order valence-electron chi connectivity index (χ3n) is 8.43. The summed E-state index contributed by atoms with van der Waals surface area (Å²) in [6.45, 7) is 18.9. The van der Waals surface area contributed by atoms with Crippen LogP contribution in [-0.4, -0.2) is 45.0 Å². The molecule has 0 saturated carbocycles. The van der Waals surface area contributed by atoms with E-state index >= 15 is 0 Å². The summed E-state index contributed by atoms with van der Waals surface area (Å²) in [7, 11) is -2.14. The minimum absolute atomic E-state index is 0.0228. The molecule has 0 radical (unpaired) electrons. The SMILES string of the molecule is CC(=O)OC[C@@H]1O[C@H](c2ccccc2)O[C@]12C[C@@H](O[Si](C)(C)C(C)(C)C)C(C)=C(CC=O)C2(C)C. The molecule has 0 bridgehead atoms. The molecule has 1 heterocycles. The van der Waals surface area contributed by atoms with Gasteiger partial charge in [0.2, 0.25) is 0 Å². The lowest BCUT2D eigenvalue weighted by Gasteiger charge is -2.54. The number of hydrogen-bond donors (Lipinski definition) is 0. The van der Waals surface area contributed by atoms with Gasteiger partial charge < -0.3 is 23.4 Å². The van der Waals surface area contributed by atoms with Crippen molar-refractivity contribution in [3.05, 3.63) is 47.0 Å². The van der Waals surface area contributed by atoms with Crippen molar-refractivity contribution in [2.45, 2.75) is 104 Å². The van der Waals surface area contributed by atoms with Crippen molar-refractivity contribution in [1.82, 2.24) is 0 Å². The molecule has 1 fully saturated rings. The fraction of sp³-hybridized carbons (Fsp3) is 0.643. The van der Waals surface area contributed by atoms with Crippen molar-refractivity contribution in [1.29, 1.82) is 0 Å². The normalized spacial score (nSPS) is 28.9. The number of benzene rings is 1. The molecule has 0 amide bonds. The van der Waals surface area contributed by atoms with E-state index in [4.69, 9.17) is 18.6 Å². The summed E-state index contributed by atoms with van der Waals surface area (Å²) in [5.74, 6) is -0.366. The summed E-state index contributed by atoms with van der Waals surface area (Å²) in [5, 5.41) is 0.0228. The summed E-state index contributed by atoms with van der Waals surface area (Å²) < 4.78 is 25.8. The highest BCUT2D eigenvalue weighted by atomic mass is 28.4. The first-order valence-electron chi connectivity index (χ1n) is 12.5. The van der Waals surface area contributed by atoms with Gasteiger partial charge in [-0.2, -0.15) is 0 Å². The largest absolute Gasteiger partial charge is 0.463 e. The number of aldehydes is 1. The van der Waals surface area contributed by atoms with Crippen molar-refractivity contribution in [3.63, 3.8) is 0 Å². The lowest BCUT2D eigenvalue weighted by Crippen LogP contribution is -2.60. The zero-order valence-electron chi connectivity index (χ0n) is 22.8. The van der Waals surface area contributed by atoms with Gasteiger partial charge in [-0.1, -0.05) is 70.5 Å². The first-order chi connectivity index (χ1) is 16.2. The van der Waals surface area contributed by atoms with Gasteiger partial charge in [0.25, 0.3) is 0 Å². The molecule has 3 rings (SSSR count). The second-order valence-corrected chi connectivity index (χ2v) is 16.7. The second-order valence-electron chi connectivity index (χ2n) is 11.9. The Morgan fingerprint density at radius 2 is 1.83 bits per heavy atom. The summed E-state index contributed by atoms with van der Waals surface area (Å²) in [4.78, 5) is 23.6. The van der Waals surface area contributed by atoms with Crippen molar-refractivity contribution >= 4 is 20.6 Å². The Bertz CT molecular complexity index is 961. The van der Waals surface area contributed by atoms with Crippen molar-refractivity contribution in [3.8, 4) is 0 Å². The van der Waals surface area contributed by atoms with E-state index in [1.807, 2.05) is 30.3 Å². The number of ether oxygens (including phenoxy) is 3. The monoisotopic (exact) mass is 502 g/mol. The smallest absolute Gasteiger partial charge is 0.302 e. The van der Waals surface area contributed by atoms with Crippen LogP contribution in [0.4, 0.5) is 0 Å². The van der Waals surface area contributed by atoms with Crippen LogP contribution in [0.3, 0.4) is 0 Å². The third-order valence-corrected chi connectivity index (χ3v) is 12.9. The molecule has 7 heteroatoms. The summed E-state index contributed by atoms with van der Waals surface area (Å²) in [6.07, 6.45) is 0.436. The maximum atomic E-state index is 11.8. The molecule has 1 aliphatic carbocycles. The molecule has 35 heavy (non-hydrogen) atoms. The van der Waals surface area contributed by atoms with E-state index in [0.29, 0.717) is 6.42 Å². The van der Waals surface area contributed by atoms with Crippen LogP contribution in [0.1, 0.15) is 73.2 Å². The van der Waals surface area contributed by atoms with E-state index in [1.54, 1.807) is 0 Å². The minimum atomic E-state index is -2.14. The number of hydrogen-bond acceptors (Lipinski definition) is 6. The number of carbonyl (C=O) groups is 2. The molecule has 2 aliphatic rings. The molecule has 1 aliphatic heterocycles. The average Bonchev–Trinajstić information content (AvgIpc) is 3.13. The minimum Gasteiger partial charge on any atom is -0.463 e. The number of carbonyl (C=O) groups excluding carboxylic acids is 2. The van der Waals surface area contributed by atoms with E-state index in [-0.39, 0.29) is 30.1 Å². The number of esters is 1. The molecule has 1 spiro atoms. The first kappa shape index (κ1) is 27.8. The molecule has 1 aromatic carbocycles. The molecule has 0 unspecified atom stereocenters. The van der Waals surface area contributed by atoms with Gasteiger partial charge >= 0.3 is 5.97 Å². The van der Waals surface area contributed by atoms with Gasteiger partial charge in [0.15, 0.2) is 14.6 Å². The molecule has 1 saturated heterocycles. The molecule has 0 aromatic heterocycles. The number of rotatable bonds is 7. The highest BCUT2D eigenvalue weighted by Crippen LogP contribution is 2.59. The lowest BCUT2D eigenvalue weighted by molar-refractivity contribution is -0.152. The Kier molecular flexibility index (Phi) is 7.88. The molecule has 0 N–H and O–H groups in total. The molecular formula is C28H42O6Si. The van der Waals surface area contributed by atoms with Crippen LogP contribution in [0, 0.1) is 5.41 Å². The van der Waals surface area contributed by atoms with Crippen molar-refractivity contribution in [2.75, 3.05) is 6.61 Å². The van der Waals surface area contributed by atoms with Gasteiger partial charge in [-0.05, 0) is 30.6 Å². The maximum Gasteiger partial charge on any atom is 0.302 e. The topological polar surface area (TPSA) is 71.1 Å². The highest BCUT2D eigenvalue weighted by molar-refractivity contribution is 6.74. The Morgan fingerprint density at radius 1 is 1.20 bits per heavy atom. The second kappa shape index (κ2) is 9.92. The molecule has 6 nitrogen and oxygen atoms in total. The first-order valence-corrected chi connectivity index (χ1v) is 15.4. The van der Waals surface area contributed by atoms with Crippen LogP contribution >= 0.6 is 0 Å². The van der Waals surface area contributed by atoms with Crippen LogP contribution in [0.2, 0.25) is 18.1 Å².